The molecule has 2 heterocycles. The molecular weight excluding hydrogens is 404 g/mol. The number of aromatic nitrogens is 3. The van der Waals surface area contributed by atoms with Crippen molar-refractivity contribution < 1.29 is 15.0 Å². The van der Waals surface area contributed by atoms with Gasteiger partial charge in [0.15, 0.2) is 11.4 Å². The molecule has 4 aromatic rings. The van der Waals surface area contributed by atoms with E-state index in [-0.39, 0.29) is 17.7 Å². The lowest BCUT2D eigenvalue weighted by atomic mass is 10.0. The van der Waals surface area contributed by atoms with Crippen LogP contribution >= 0.6 is 0 Å². The van der Waals surface area contributed by atoms with Crippen molar-refractivity contribution in [3.8, 4) is 22.4 Å². The molecule has 2 aliphatic carbocycles. The number of hydrogen-bond acceptors (Lipinski definition) is 6. The molecule has 0 unspecified atom stereocenters. The minimum Gasteiger partial charge on any atom is -0.390 e. The van der Waals surface area contributed by atoms with Crippen LogP contribution in [-0.2, 0) is 0 Å². The predicted octanol–water partition coefficient (Wildman–Crippen LogP) is 2.96. The molecule has 2 aliphatic rings. The first-order valence-corrected chi connectivity index (χ1v) is 10.6. The number of carbonyl (C=O) groups excluding carboxylic acids is 1. The standard InChI is InChI=1S/C25H21N4O3/c1-13-10-20(25(32)23(13)30)27-21-8-9-26-22-12-19(28-29(21)22)14-6-7-16-15-4-2-3-5-17(15)24(31)18(16)11-14/h2-9,11-13,20,23,25,27,30,32H,1,10H2/t13-,20-,23-,25+/m1/s1. The van der Waals surface area contributed by atoms with Crippen molar-refractivity contribution in [1.29, 1.82) is 0 Å². The Hall–Kier alpha value is -3.55. The number of carbonyl (C=O) groups is 1. The highest BCUT2D eigenvalue weighted by Crippen LogP contribution is 2.38. The average molecular weight is 425 g/mol. The van der Waals surface area contributed by atoms with Gasteiger partial charge in [-0.3, -0.25) is 4.79 Å². The third kappa shape index (κ3) is 2.78. The minimum atomic E-state index is -0.903. The summed E-state index contributed by atoms with van der Waals surface area (Å²) in [6, 6.07) is 16.8. The van der Waals surface area contributed by atoms with Gasteiger partial charge in [-0.15, -0.1) is 0 Å². The molecule has 2 aromatic heterocycles. The summed E-state index contributed by atoms with van der Waals surface area (Å²) in [4.78, 5) is 17.3. The quantitative estimate of drug-likeness (QED) is 0.411. The summed E-state index contributed by atoms with van der Waals surface area (Å²) in [5.74, 6) is 0.454. The number of aliphatic hydroxyl groups is 2. The van der Waals surface area contributed by atoms with Gasteiger partial charge in [0.1, 0.15) is 11.9 Å². The average Bonchev–Trinajstić information content (AvgIpc) is 3.44. The van der Waals surface area contributed by atoms with Gasteiger partial charge in [0.25, 0.3) is 0 Å². The highest BCUT2D eigenvalue weighted by atomic mass is 16.3. The molecule has 7 nitrogen and oxygen atoms in total. The van der Waals surface area contributed by atoms with E-state index >= 15 is 0 Å². The molecule has 0 amide bonds. The zero-order chi connectivity index (χ0) is 22.0. The van der Waals surface area contributed by atoms with E-state index in [9.17, 15) is 15.0 Å². The maximum Gasteiger partial charge on any atom is 0.194 e. The van der Waals surface area contributed by atoms with Gasteiger partial charge in [-0.2, -0.15) is 9.61 Å². The smallest absolute Gasteiger partial charge is 0.194 e. The molecule has 1 saturated carbocycles. The van der Waals surface area contributed by atoms with E-state index in [0.717, 1.165) is 22.3 Å². The van der Waals surface area contributed by atoms with Crippen LogP contribution in [0.25, 0.3) is 28.0 Å². The normalized spacial score (nSPS) is 24.0. The predicted molar refractivity (Wildman–Crippen MR) is 120 cm³/mol. The zero-order valence-electron chi connectivity index (χ0n) is 17.1. The molecular formula is C25H21N4O3. The first-order valence-electron chi connectivity index (χ1n) is 10.6. The van der Waals surface area contributed by atoms with Gasteiger partial charge in [0.05, 0.1) is 17.8 Å². The Bertz CT molecular complexity index is 1380. The first-order chi connectivity index (χ1) is 15.5. The van der Waals surface area contributed by atoms with E-state index in [1.54, 1.807) is 16.8 Å². The molecule has 3 N–H and O–H groups in total. The maximum absolute atomic E-state index is 12.9. The molecule has 0 saturated heterocycles. The lowest BCUT2D eigenvalue weighted by Crippen LogP contribution is -2.35. The van der Waals surface area contributed by atoms with E-state index in [4.69, 9.17) is 5.10 Å². The van der Waals surface area contributed by atoms with Crippen molar-refractivity contribution in [3.63, 3.8) is 0 Å². The lowest BCUT2D eigenvalue weighted by molar-refractivity contribution is 0.0256. The van der Waals surface area contributed by atoms with Gasteiger partial charge in [0, 0.05) is 29.0 Å². The Balaban J connectivity index is 1.37. The van der Waals surface area contributed by atoms with Gasteiger partial charge in [-0.25, -0.2) is 4.98 Å². The van der Waals surface area contributed by atoms with E-state index < -0.39 is 12.2 Å². The van der Waals surface area contributed by atoms with Gasteiger partial charge in [0.2, 0.25) is 0 Å². The first kappa shape index (κ1) is 19.2. The van der Waals surface area contributed by atoms with Crippen LogP contribution in [0.3, 0.4) is 0 Å². The number of hydrogen-bond donors (Lipinski definition) is 3. The van der Waals surface area contributed by atoms with Crippen molar-refractivity contribution in [1.82, 2.24) is 14.6 Å². The summed E-state index contributed by atoms with van der Waals surface area (Å²) < 4.78 is 1.68. The fraction of sp³-hybridized carbons (Fsp3) is 0.200. The summed E-state index contributed by atoms with van der Waals surface area (Å²) in [7, 11) is 0. The Morgan fingerprint density at radius 2 is 1.75 bits per heavy atom. The van der Waals surface area contributed by atoms with Crippen LogP contribution in [0.1, 0.15) is 22.3 Å². The van der Waals surface area contributed by atoms with Gasteiger partial charge >= 0.3 is 0 Å². The number of rotatable bonds is 3. The molecule has 32 heavy (non-hydrogen) atoms. The molecule has 0 aliphatic heterocycles. The fourth-order valence-electron chi connectivity index (χ4n) is 4.79. The molecule has 6 rings (SSSR count). The van der Waals surface area contributed by atoms with Gasteiger partial charge < -0.3 is 15.5 Å². The SMILES string of the molecule is [CH2][C@@H]1C[C@@H](Nc2ccnc3cc(-c4ccc5c(c4)C(=O)c4ccccc4-5)nn23)[C@H](O)[C@@H]1O. The summed E-state index contributed by atoms with van der Waals surface area (Å²) >= 11 is 0. The lowest BCUT2D eigenvalue weighted by Gasteiger charge is -2.19. The summed E-state index contributed by atoms with van der Waals surface area (Å²) in [5.41, 5.74) is 5.47. The molecule has 4 atom stereocenters. The monoisotopic (exact) mass is 425 g/mol. The molecule has 159 valence electrons. The zero-order valence-corrected chi connectivity index (χ0v) is 17.1. The Morgan fingerprint density at radius 3 is 2.53 bits per heavy atom. The van der Waals surface area contributed by atoms with Crippen LogP contribution in [0.15, 0.2) is 60.8 Å². The largest absolute Gasteiger partial charge is 0.390 e. The number of fused-ring (bicyclic) bond motifs is 4. The van der Waals surface area contributed by atoms with E-state index in [2.05, 4.69) is 17.2 Å². The number of anilines is 1. The number of ketones is 1. The molecule has 0 bridgehead atoms. The van der Waals surface area contributed by atoms with Crippen molar-refractivity contribution in [3.05, 3.63) is 78.8 Å². The van der Waals surface area contributed by atoms with Crippen LogP contribution in [-0.4, -0.2) is 48.8 Å². The van der Waals surface area contributed by atoms with Crippen LogP contribution in [0.5, 0.6) is 0 Å². The van der Waals surface area contributed by atoms with Crippen molar-refractivity contribution in [2.75, 3.05) is 5.32 Å². The molecule has 1 fully saturated rings. The van der Waals surface area contributed by atoms with E-state index in [1.165, 1.54) is 0 Å². The van der Waals surface area contributed by atoms with Crippen LogP contribution < -0.4 is 5.32 Å². The second kappa shape index (κ2) is 6.98. The highest BCUT2D eigenvalue weighted by Gasteiger charge is 2.39. The van der Waals surface area contributed by atoms with Crippen LogP contribution in [0, 0.1) is 12.8 Å². The van der Waals surface area contributed by atoms with Crippen LogP contribution in [0.4, 0.5) is 5.82 Å². The third-order valence-electron chi connectivity index (χ3n) is 6.51. The fourth-order valence-corrected chi connectivity index (χ4v) is 4.79. The Kier molecular flexibility index (Phi) is 4.18. The van der Waals surface area contributed by atoms with Crippen molar-refractivity contribution in [2.24, 2.45) is 5.92 Å². The maximum atomic E-state index is 12.9. The Labute approximate surface area is 184 Å². The van der Waals surface area contributed by atoms with Crippen LogP contribution in [0.2, 0.25) is 0 Å². The second-order valence-electron chi connectivity index (χ2n) is 8.49. The van der Waals surface area contributed by atoms with E-state index in [1.807, 2.05) is 48.5 Å². The molecule has 2 aromatic carbocycles. The minimum absolute atomic E-state index is 0.0261. The second-order valence-corrected chi connectivity index (χ2v) is 8.49. The summed E-state index contributed by atoms with van der Waals surface area (Å²) in [6.45, 7) is 3.90. The number of nitrogens with zero attached hydrogens (tertiary/aromatic N) is 3. The third-order valence-corrected chi connectivity index (χ3v) is 6.51. The molecule has 0 spiro atoms. The van der Waals surface area contributed by atoms with Crippen molar-refractivity contribution in [2.45, 2.75) is 24.7 Å². The highest BCUT2D eigenvalue weighted by molar-refractivity contribution is 6.22. The number of aliphatic hydroxyl groups excluding tert-OH is 2. The van der Waals surface area contributed by atoms with Crippen molar-refractivity contribution >= 4 is 17.2 Å². The number of nitrogens with one attached hydrogen (secondary N) is 1. The molecule has 1 radical (unpaired) electrons. The van der Waals surface area contributed by atoms with Gasteiger partial charge in [-0.05, 0) is 42.5 Å². The number of benzene rings is 2. The summed E-state index contributed by atoms with van der Waals surface area (Å²) in [5, 5.41) is 28.3. The summed E-state index contributed by atoms with van der Waals surface area (Å²) in [6.07, 6.45) is 0.463. The van der Waals surface area contributed by atoms with E-state index in [0.29, 0.717) is 29.1 Å². The topological polar surface area (TPSA) is 99.8 Å². The molecule has 7 heteroatoms. The van der Waals surface area contributed by atoms with Gasteiger partial charge in [-0.1, -0.05) is 36.4 Å². The Morgan fingerprint density at radius 1 is 0.969 bits per heavy atom.